The molecule has 6 heteroatoms. The van der Waals surface area contributed by atoms with Crippen molar-refractivity contribution in [2.75, 3.05) is 5.32 Å². The summed E-state index contributed by atoms with van der Waals surface area (Å²) in [7, 11) is 0. The number of amides is 1. The molecule has 6 nitrogen and oxygen atoms in total. The highest BCUT2D eigenvalue weighted by atomic mass is 16.3. The molecule has 0 aliphatic rings. The quantitative estimate of drug-likeness (QED) is 0.319. The van der Waals surface area contributed by atoms with Gasteiger partial charge in [-0.15, -0.1) is 0 Å². The van der Waals surface area contributed by atoms with E-state index in [0.717, 1.165) is 16.7 Å². The summed E-state index contributed by atoms with van der Waals surface area (Å²) in [5.41, 5.74) is 4.49. The molecule has 1 aromatic heterocycles. The molecule has 4 rings (SSSR count). The van der Waals surface area contributed by atoms with Crippen molar-refractivity contribution in [2.45, 2.75) is 26.8 Å². The van der Waals surface area contributed by atoms with Gasteiger partial charge in [0.2, 0.25) is 0 Å². The summed E-state index contributed by atoms with van der Waals surface area (Å²) in [5, 5.41) is 14.8. The van der Waals surface area contributed by atoms with Crippen LogP contribution in [0.15, 0.2) is 75.9 Å². The summed E-state index contributed by atoms with van der Waals surface area (Å²) in [6, 6.07) is 20.0. The van der Waals surface area contributed by atoms with E-state index in [1.54, 1.807) is 31.3 Å². The normalized spacial score (nSPS) is 11.6. The highest BCUT2D eigenvalue weighted by Crippen LogP contribution is 2.32. The van der Waals surface area contributed by atoms with Gasteiger partial charge in [-0.05, 0) is 44.5 Å². The predicted octanol–water partition coefficient (Wildman–Crippen LogP) is 5.46. The van der Waals surface area contributed by atoms with Crippen molar-refractivity contribution >= 4 is 22.6 Å². The van der Waals surface area contributed by atoms with Gasteiger partial charge in [0.15, 0.2) is 11.6 Å². The number of nitrogens with one attached hydrogen (secondary N) is 2. The van der Waals surface area contributed by atoms with E-state index in [2.05, 4.69) is 10.6 Å². The Bertz CT molecular complexity index is 1450. The van der Waals surface area contributed by atoms with Crippen molar-refractivity contribution in [3.05, 3.63) is 99.2 Å². The number of fused-ring (bicyclic) bond motifs is 1. The number of carbonyl (C=O) groups excluding carboxylic acids is 1. The van der Waals surface area contributed by atoms with Crippen LogP contribution in [0.5, 0.6) is 0 Å². The Morgan fingerprint density at radius 3 is 2.45 bits per heavy atom. The molecule has 1 amide bonds. The van der Waals surface area contributed by atoms with Gasteiger partial charge in [-0.3, -0.25) is 14.9 Å². The third-order valence-corrected chi connectivity index (χ3v) is 5.61. The van der Waals surface area contributed by atoms with Gasteiger partial charge in [-0.25, -0.2) is 0 Å². The fraction of sp³-hybridized carbons (Fsp3) is 0.148. The Balaban J connectivity index is 1.85. The maximum Gasteiger partial charge on any atom is 0.266 e. The Labute approximate surface area is 191 Å². The van der Waals surface area contributed by atoms with Crippen molar-refractivity contribution in [1.29, 1.82) is 5.26 Å². The van der Waals surface area contributed by atoms with E-state index in [4.69, 9.17) is 9.68 Å². The van der Waals surface area contributed by atoms with Crippen LogP contribution in [0.3, 0.4) is 0 Å². The molecule has 33 heavy (non-hydrogen) atoms. The van der Waals surface area contributed by atoms with Gasteiger partial charge in [0.25, 0.3) is 5.91 Å². The molecule has 1 atom stereocenters. The summed E-state index contributed by atoms with van der Waals surface area (Å²) < 4.78 is 6.36. The second-order valence-electron chi connectivity index (χ2n) is 7.96. The maximum absolute atomic E-state index is 13.3. The minimum Gasteiger partial charge on any atom is -0.455 e. The lowest BCUT2D eigenvalue weighted by Gasteiger charge is -2.20. The largest absolute Gasteiger partial charge is 0.455 e. The molecule has 4 aromatic rings. The monoisotopic (exact) mass is 437 g/mol. The van der Waals surface area contributed by atoms with E-state index in [9.17, 15) is 9.59 Å². The Morgan fingerprint density at radius 1 is 1.03 bits per heavy atom. The summed E-state index contributed by atoms with van der Waals surface area (Å²) >= 11 is 0. The lowest BCUT2D eigenvalue weighted by atomic mass is 9.98. The average Bonchev–Trinajstić information content (AvgIpc) is 2.82. The van der Waals surface area contributed by atoms with E-state index >= 15 is 0 Å². The predicted molar refractivity (Wildman–Crippen MR) is 129 cm³/mol. The first-order chi connectivity index (χ1) is 15.9. The molecule has 0 spiro atoms. The Kier molecular flexibility index (Phi) is 5.97. The molecule has 3 aromatic carbocycles. The molecule has 0 saturated carbocycles. The van der Waals surface area contributed by atoms with Crippen LogP contribution in [-0.2, 0) is 0 Å². The molecule has 0 unspecified atom stereocenters. The zero-order valence-electron chi connectivity index (χ0n) is 18.6. The third-order valence-electron chi connectivity index (χ3n) is 5.61. The van der Waals surface area contributed by atoms with Crippen LogP contribution in [0.4, 0.5) is 5.69 Å². The van der Waals surface area contributed by atoms with Gasteiger partial charge in [0.1, 0.15) is 11.3 Å². The number of para-hydroxylation sites is 1. The summed E-state index contributed by atoms with van der Waals surface area (Å²) in [5.74, 6) is 0.0506. The van der Waals surface area contributed by atoms with Crippen molar-refractivity contribution in [2.24, 2.45) is 0 Å². The molecule has 0 aliphatic carbocycles. The molecular formula is C27H23N3O3. The molecule has 0 aliphatic heterocycles. The van der Waals surface area contributed by atoms with Crippen LogP contribution in [0, 0.1) is 25.3 Å². The first kappa shape index (κ1) is 21.8. The first-order valence-electron chi connectivity index (χ1n) is 10.6. The number of hydrogen-bond acceptors (Lipinski definition) is 5. The number of anilines is 1. The zero-order chi connectivity index (χ0) is 23.5. The Hall–Kier alpha value is -4.37. The second-order valence-corrected chi connectivity index (χ2v) is 7.96. The number of nitrogens with zero attached hydrogens (tertiary/aromatic N) is 1. The third kappa shape index (κ3) is 4.21. The zero-order valence-corrected chi connectivity index (χ0v) is 18.6. The van der Waals surface area contributed by atoms with Gasteiger partial charge in [-0.1, -0.05) is 48.5 Å². The molecule has 2 N–H and O–H groups in total. The molecule has 0 radical (unpaired) electrons. The summed E-state index contributed by atoms with van der Waals surface area (Å²) in [6.45, 7) is 5.65. The minimum absolute atomic E-state index is 0.0685. The molecule has 164 valence electrons. The van der Waals surface area contributed by atoms with E-state index in [1.165, 1.54) is 0 Å². The number of benzene rings is 3. The molecular weight excluding hydrogens is 414 g/mol. The number of rotatable bonds is 5. The van der Waals surface area contributed by atoms with Crippen molar-refractivity contribution in [1.82, 2.24) is 5.32 Å². The van der Waals surface area contributed by atoms with Gasteiger partial charge < -0.3 is 9.73 Å². The van der Waals surface area contributed by atoms with Crippen molar-refractivity contribution < 1.29 is 9.21 Å². The van der Waals surface area contributed by atoms with Crippen LogP contribution in [0.2, 0.25) is 0 Å². The minimum atomic E-state index is -0.490. The first-order valence-corrected chi connectivity index (χ1v) is 10.6. The summed E-state index contributed by atoms with van der Waals surface area (Å²) in [6.07, 6.45) is 1.67. The van der Waals surface area contributed by atoms with Crippen LogP contribution in [0.25, 0.3) is 22.3 Å². The SMILES string of the molecule is Cc1cc([C@@H](C)Nc2ccccc2C(=O)NC#N)c2oc(-c3ccccc3)c(C)c(=O)c2c1. The average molecular weight is 437 g/mol. The van der Waals surface area contributed by atoms with E-state index < -0.39 is 5.91 Å². The van der Waals surface area contributed by atoms with Gasteiger partial charge in [0.05, 0.1) is 17.0 Å². The number of nitriles is 1. The van der Waals surface area contributed by atoms with Crippen LogP contribution >= 0.6 is 0 Å². The van der Waals surface area contributed by atoms with E-state index in [0.29, 0.717) is 33.5 Å². The molecule has 1 heterocycles. The van der Waals surface area contributed by atoms with Crippen molar-refractivity contribution in [3.63, 3.8) is 0 Å². The number of hydrogen-bond donors (Lipinski definition) is 2. The highest BCUT2D eigenvalue weighted by Gasteiger charge is 2.20. The van der Waals surface area contributed by atoms with Crippen molar-refractivity contribution in [3.8, 4) is 17.5 Å². The van der Waals surface area contributed by atoms with Crippen LogP contribution < -0.4 is 16.1 Å². The number of carbonyl (C=O) groups is 1. The summed E-state index contributed by atoms with van der Waals surface area (Å²) in [4.78, 5) is 25.6. The maximum atomic E-state index is 13.3. The smallest absolute Gasteiger partial charge is 0.266 e. The fourth-order valence-electron chi connectivity index (χ4n) is 3.99. The molecule has 0 fully saturated rings. The molecule has 0 saturated heterocycles. The standard InChI is InChI=1S/C27H23N3O3/c1-16-13-21(18(3)30-23-12-8-7-11-20(23)27(32)29-15-28)26-22(14-16)24(31)17(2)25(33-26)19-9-5-4-6-10-19/h4-14,18,30H,1-3H3,(H,29,32)/t18-/m1/s1. The topological polar surface area (TPSA) is 95.1 Å². The number of aryl methyl sites for hydroxylation is 1. The van der Waals surface area contributed by atoms with Crippen LogP contribution in [-0.4, -0.2) is 5.91 Å². The van der Waals surface area contributed by atoms with Crippen LogP contribution in [0.1, 0.15) is 40.0 Å². The second kappa shape index (κ2) is 9.01. The molecule has 0 bridgehead atoms. The highest BCUT2D eigenvalue weighted by molar-refractivity contribution is 6.00. The fourth-order valence-corrected chi connectivity index (χ4v) is 3.99. The van der Waals surface area contributed by atoms with Gasteiger partial charge in [0, 0.05) is 22.4 Å². The van der Waals surface area contributed by atoms with Gasteiger partial charge in [-0.2, -0.15) is 5.26 Å². The lowest BCUT2D eigenvalue weighted by molar-refractivity contribution is 0.0973. The van der Waals surface area contributed by atoms with Gasteiger partial charge >= 0.3 is 0 Å². The van der Waals surface area contributed by atoms with E-state index in [-0.39, 0.29) is 11.5 Å². The van der Waals surface area contributed by atoms with E-state index in [1.807, 2.05) is 62.4 Å². The Morgan fingerprint density at radius 2 is 1.73 bits per heavy atom. The lowest BCUT2D eigenvalue weighted by Crippen LogP contribution is -2.20.